The van der Waals surface area contributed by atoms with Crippen LogP contribution in [0, 0.1) is 0 Å². The molecule has 146 valence electrons. The average molecular weight is 380 g/mol. The summed E-state index contributed by atoms with van der Waals surface area (Å²) >= 11 is 0. The molecule has 28 heavy (non-hydrogen) atoms. The molecule has 0 unspecified atom stereocenters. The standard InChI is InChI=1S/C21H24N4O3/c1-23-16-20(27)24(21(23)28)14-8-13-19(26)22-25(18-11-6-3-7-12-18)15-17-9-4-2-5-10-17/h2-7,9-12H,8,13-16H2,1H3,(H,22,26). The second kappa shape index (κ2) is 9.03. The molecule has 1 heterocycles. The third kappa shape index (κ3) is 4.88. The zero-order valence-corrected chi connectivity index (χ0v) is 15.9. The third-order valence-electron chi connectivity index (χ3n) is 4.53. The lowest BCUT2D eigenvalue weighted by Gasteiger charge is -2.25. The number of amides is 4. The number of para-hydroxylation sites is 1. The molecule has 0 saturated carbocycles. The molecule has 0 atom stereocenters. The van der Waals surface area contributed by atoms with Crippen LogP contribution in [0.3, 0.4) is 0 Å². The molecule has 7 nitrogen and oxygen atoms in total. The van der Waals surface area contributed by atoms with Crippen LogP contribution in [0.4, 0.5) is 10.5 Å². The molecule has 7 heteroatoms. The van der Waals surface area contributed by atoms with Gasteiger partial charge in [0.05, 0.1) is 12.2 Å². The Labute approximate surface area is 164 Å². The number of rotatable bonds is 8. The van der Waals surface area contributed by atoms with Crippen LogP contribution in [-0.4, -0.2) is 47.8 Å². The minimum atomic E-state index is -0.305. The van der Waals surface area contributed by atoms with Crippen LogP contribution in [0.5, 0.6) is 0 Å². The van der Waals surface area contributed by atoms with Crippen molar-refractivity contribution in [2.45, 2.75) is 19.4 Å². The van der Waals surface area contributed by atoms with Crippen LogP contribution in [-0.2, 0) is 16.1 Å². The number of urea groups is 1. The number of anilines is 1. The fourth-order valence-electron chi connectivity index (χ4n) is 3.06. The van der Waals surface area contributed by atoms with Crippen LogP contribution in [0.2, 0.25) is 0 Å². The first-order valence-corrected chi connectivity index (χ1v) is 9.26. The molecular formula is C21H24N4O3. The summed E-state index contributed by atoms with van der Waals surface area (Å²) in [5, 5.41) is 1.80. The van der Waals surface area contributed by atoms with E-state index in [4.69, 9.17) is 0 Å². The molecule has 2 aromatic rings. The lowest BCUT2D eigenvalue weighted by atomic mass is 10.2. The van der Waals surface area contributed by atoms with E-state index in [1.165, 1.54) is 9.80 Å². The number of carbonyl (C=O) groups is 3. The zero-order chi connectivity index (χ0) is 19.9. The maximum Gasteiger partial charge on any atom is 0.326 e. The van der Waals surface area contributed by atoms with Gasteiger partial charge in [-0.25, -0.2) is 4.79 Å². The number of imide groups is 1. The number of likely N-dealkylation sites (N-methyl/N-ethyl adjacent to an activating group) is 1. The van der Waals surface area contributed by atoms with E-state index in [-0.39, 0.29) is 37.4 Å². The van der Waals surface area contributed by atoms with E-state index in [0.717, 1.165) is 11.3 Å². The number of carbonyl (C=O) groups excluding carboxylic acids is 3. The van der Waals surface area contributed by atoms with Gasteiger partial charge in [-0.3, -0.25) is 24.9 Å². The number of hydrogen-bond donors (Lipinski definition) is 1. The maximum atomic E-state index is 12.5. The van der Waals surface area contributed by atoms with E-state index < -0.39 is 0 Å². The van der Waals surface area contributed by atoms with Crippen molar-refractivity contribution >= 4 is 23.5 Å². The van der Waals surface area contributed by atoms with E-state index in [0.29, 0.717) is 13.0 Å². The first kappa shape index (κ1) is 19.4. The van der Waals surface area contributed by atoms with E-state index in [2.05, 4.69) is 5.43 Å². The van der Waals surface area contributed by atoms with Gasteiger partial charge in [-0.15, -0.1) is 0 Å². The summed E-state index contributed by atoms with van der Waals surface area (Å²) in [5.41, 5.74) is 4.89. The van der Waals surface area contributed by atoms with Gasteiger partial charge in [0.1, 0.15) is 6.54 Å². The van der Waals surface area contributed by atoms with Gasteiger partial charge < -0.3 is 4.90 Å². The molecule has 3 rings (SSSR count). The van der Waals surface area contributed by atoms with E-state index in [1.54, 1.807) is 12.1 Å². The quantitative estimate of drug-likeness (QED) is 0.564. The molecule has 0 bridgehead atoms. The Kier molecular flexibility index (Phi) is 6.26. The van der Waals surface area contributed by atoms with Crippen molar-refractivity contribution < 1.29 is 14.4 Å². The number of nitrogens with one attached hydrogen (secondary N) is 1. The lowest BCUT2D eigenvalue weighted by Crippen LogP contribution is -2.42. The summed E-state index contributed by atoms with van der Waals surface area (Å²) in [4.78, 5) is 38.7. The fraction of sp³-hybridized carbons (Fsp3) is 0.286. The molecule has 0 aliphatic carbocycles. The molecular weight excluding hydrogens is 356 g/mol. The summed E-state index contributed by atoms with van der Waals surface area (Å²) in [7, 11) is 1.59. The Bertz CT molecular complexity index is 826. The molecule has 1 N–H and O–H groups in total. The second-order valence-electron chi connectivity index (χ2n) is 6.73. The van der Waals surface area contributed by atoms with Crippen molar-refractivity contribution in [3.8, 4) is 0 Å². The minimum Gasteiger partial charge on any atom is -0.318 e. The Morgan fingerprint density at radius 2 is 1.68 bits per heavy atom. The van der Waals surface area contributed by atoms with Crippen molar-refractivity contribution in [1.29, 1.82) is 0 Å². The normalized spacial score (nSPS) is 13.8. The molecule has 1 aliphatic heterocycles. The Morgan fingerprint density at radius 1 is 1.04 bits per heavy atom. The molecule has 2 aromatic carbocycles. The number of nitrogens with zero attached hydrogens (tertiary/aromatic N) is 3. The van der Waals surface area contributed by atoms with Gasteiger partial charge in [-0.1, -0.05) is 48.5 Å². The summed E-state index contributed by atoms with van der Waals surface area (Å²) < 4.78 is 0. The van der Waals surface area contributed by atoms with Crippen LogP contribution < -0.4 is 10.4 Å². The predicted octanol–water partition coefficient (Wildman–Crippen LogP) is 2.40. The highest BCUT2D eigenvalue weighted by atomic mass is 16.2. The molecule has 0 aromatic heterocycles. The zero-order valence-electron chi connectivity index (χ0n) is 15.9. The first-order valence-electron chi connectivity index (χ1n) is 9.26. The van der Waals surface area contributed by atoms with Crippen LogP contribution in [0.25, 0.3) is 0 Å². The third-order valence-corrected chi connectivity index (χ3v) is 4.53. The van der Waals surface area contributed by atoms with Crippen LogP contribution in [0.15, 0.2) is 60.7 Å². The van der Waals surface area contributed by atoms with Gasteiger partial charge in [-0.05, 0) is 24.1 Å². The summed E-state index contributed by atoms with van der Waals surface area (Å²) in [6, 6.07) is 19.2. The fourth-order valence-corrected chi connectivity index (χ4v) is 3.06. The monoisotopic (exact) mass is 380 g/mol. The molecule has 1 aliphatic rings. The van der Waals surface area contributed by atoms with Gasteiger partial charge in [0, 0.05) is 20.0 Å². The molecule has 0 spiro atoms. The van der Waals surface area contributed by atoms with E-state index in [9.17, 15) is 14.4 Å². The lowest BCUT2D eigenvalue weighted by molar-refractivity contribution is -0.126. The highest BCUT2D eigenvalue weighted by Crippen LogP contribution is 2.15. The number of hydrazine groups is 1. The molecule has 1 saturated heterocycles. The topological polar surface area (TPSA) is 73.0 Å². The molecule has 0 radical (unpaired) electrons. The van der Waals surface area contributed by atoms with Gasteiger partial charge in [0.2, 0.25) is 11.8 Å². The Hall–Kier alpha value is -3.35. The molecule has 1 fully saturated rings. The van der Waals surface area contributed by atoms with E-state index in [1.807, 2.05) is 60.7 Å². The van der Waals surface area contributed by atoms with Crippen molar-refractivity contribution in [3.63, 3.8) is 0 Å². The second-order valence-corrected chi connectivity index (χ2v) is 6.73. The summed E-state index contributed by atoms with van der Waals surface area (Å²) in [5.74, 6) is -0.380. The van der Waals surface area contributed by atoms with Crippen molar-refractivity contribution in [2.24, 2.45) is 0 Å². The summed E-state index contributed by atoms with van der Waals surface area (Å²) in [6.45, 7) is 0.883. The Balaban J connectivity index is 1.57. The van der Waals surface area contributed by atoms with Gasteiger partial charge >= 0.3 is 6.03 Å². The van der Waals surface area contributed by atoms with Gasteiger partial charge in [-0.2, -0.15) is 0 Å². The number of hydrogen-bond acceptors (Lipinski definition) is 4. The number of benzene rings is 2. The minimum absolute atomic E-state index is 0.101. The largest absolute Gasteiger partial charge is 0.326 e. The first-order chi connectivity index (χ1) is 13.5. The van der Waals surface area contributed by atoms with Crippen LogP contribution >= 0.6 is 0 Å². The smallest absolute Gasteiger partial charge is 0.318 e. The van der Waals surface area contributed by atoms with E-state index >= 15 is 0 Å². The predicted molar refractivity (Wildman–Crippen MR) is 106 cm³/mol. The van der Waals surface area contributed by atoms with Crippen LogP contribution in [0.1, 0.15) is 18.4 Å². The highest BCUT2D eigenvalue weighted by Gasteiger charge is 2.32. The maximum absolute atomic E-state index is 12.5. The van der Waals surface area contributed by atoms with Crippen molar-refractivity contribution in [2.75, 3.05) is 25.1 Å². The van der Waals surface area contributed by atoms with Gasteiger partial charge in [0.25, 0.3) is 0 Å². The Morgan fingerprint density at radius 3 is 2.29 bits per heavy atom. The SMILES string of the molecule is CN1CC(=O)N(CCCC(=O)NN(Cc2ccccc2)c2ccccc2)C1=O. The van der Waals surface area contributed by atoms with Crippen molar-refractivity contribution in [1.82, 2.24) is 15.2 Å². The highest BCUT2D eigenvalue weighted by molar-refractivity contribution is 6.01. The molecule has 4 amide bonds. The van der Waals surface area contributed by atoms with Crippen molar-refractivity contribution in [3.05, 3.63) is 66.2 Å². The summed E-state index contributed by atoms with van der Waals surface area (Å²) in [6.07, 6.45) is 0.643. The van der Waals surface area contributed by atoms with Gasteiger partial charge in [0.15, 0.2) is 0 Å². The average Bonchev–Trinajstić information content (AvgIpc) is 2.95.